The molecular formula is C13H20O3. The molecule has 16 heavy (non-hydrogen) atoms. The molecule has 3 heteroatoms. The van der Waals surface area contributed by atoms with Crippen LogP contribution in [0.4, 0.5) is 0 Å². The van der Waals surface area contributed by atoms with Gasteiger partial charge in [-0.05, 0) is 18.8 Å². The summed E-state index contributed by atoms with van der Waals surface area (Å²) in [5.41, 5.74) is 0. The number of carbonyl (C=O) groups excluding carboxylic acids is 2. The van der Waals surface area contributed by atoms with Crippen molar-refractivity contribution in [2.24, 2.45) is 17.8 Å². The van der Waals surface area contributed by atoms with Gasteiger partial charge in [-0.2, -0.15) is 0 Å². The lowest BCUT2D eigenvalue weighted by molar-refractivity contribution is -0.152. The fraction of sp³-hybridized carbons (Fsp3) is 0.692. The molecule has 0 radical (unpaired) electrons. The van der Waals surface area contributed by atoms with Crippen LogP contribution < -0.4 is 0 Å². The van der Waals surface area contributed by atoms with Crippen molar-refractivity contribution in [3.63, 3.8) is 0 Å². The molecule has 0 aromatic heterocycles. The SMILES string of the molecule is CCC1CC=CC(C(=O)OCC(C)C)C1=O. The fourth-order valence-corrected chi connectivity index (χ4v) is 1.74. The number of Topliss-reactive ketones (excluding diaryl/α,β-unsaturated/α-hetero) is 1. The first-order valence-electron chi connectivity index (χ1n) is 5.93. The molecule has 0 amide bonds. The van der Waals surface area contributed by atoms with Crippen molar-refractivity contribution in [3.05, 3.63) is 12.2 Å². The minimum absolute atomic E-state index is 0.0124. The van der Waals surface area contributed by atoms with E-state index in [2.05, 4.69) is 0 Å². The highest BCUT2D eigenvalue weighted by Crippen LogP contribution is 2.23. The predicted molar refractivity (Wildman–Crippen MR) is 61.8 cm³/mol. The molecule has 3 nitrogen and oxygen atoms in total. The van der Waals surface area contributed by atoms with E-state index in [0.717, 1.165) is 12.8 Å². The van der Waals surface area contributed by atoms with Crippen molar-refractivity contribution in [1.29, 1.82) is 0 Å². The molecule has 1 aliphatic rings. The van der Waals surface area contributed by atoms with Crippen molar-refractivity contribution in [1.82, 2.24) is 0 Å². The molecule has 2 atom stereocenters. The molecule has 0 aromatic rings. The predicted octanol–water partition coefficient (Wildman–Crippen LogP) is 2.36. The average Bonchev–Trinajstić information content (AvgIpc) is 2.26. The van der Waals surface area contributed by atoms with Crippen LogP contribution in [0.25, 0.3) is 0 Å². The maximum atomic E-state index is 11.9. The van der Waals surface area contributed by atoms with Gasteiger partial charge in [0.15, 0.2) is 5.78 Å². The molecule has 0 saturated heterocycles. The third-order valence-corrected chi connectivity index (χ3v) is 2.76. The highest BCUT2D eigenvalue weighted by atomic mass is 16.5. The lowest BCUT2D eigenvalue weighted by Gasteiger charge is -2.21. The Morgan fingerprint density at radius 1 is 1.56 bits per heavy atom. The molecular weight excluding hydrogens is 204 g/mol. The molecule has 0 saturated carbocycles. The van der Waals surface area contributed by atoms with Crippen LogP contribution in [0.5, 0.6) is 0 Å². The van der Waals surface area contributed by atoms with Gasteiger partial charge in [0.25, 0.3) is 0 Å². The monoisotopic (exact) mass is 224 g/mol. The number of carbonyl (C=O) groups is 2. The zero-order chi connectivity index (χ0) is 12.1. The van der Waals surface area contributed by atoms with Gasteiger partial charge in [-0.25, -0.2) is 0 Å². The van der Waals surface area contributed by atoms with Crippen LogP contribution in [0, 0.1) is 17.8 Å². The Bertz CT molecular complexity index is 292. The van der Waals surface area contributed by atoms with Crippen molar-refractivity contribution in [2.45, 2.75) is 33.6 Å². The Kier molecular flexibility index (Phi) is 4.71. The Labute approximate surface area is 96.9 Å². The number of rotatable bonds is 4. The second kappa shape index (κ2) is 5.83. The first-order chi connectivity index (χ1) is 7.56. The lowest BCUT2D eigenvalue weighted by atomic mass is 9.84. The maximum Gasteiger partial charge on any atom is 0.320 e. The lowest BCUT2D eigenvalue weighted by Crippen LogP contribution is -2.32. The van der Waals surface area contributed by atoms with Gasteiger partial charge in [0, 0.05) is 5.92 Å². The number of ether oxygens (including phenoxy) is 1. The number of hydrogen-bond acceptors (Lipinski definition) is 3. The summed E-state index contributed by atoms with van der Waals surface area (Å²) in [5, 5.41) is 0. The summed E-state index contributed by atoms with van der Waals surface area (Å²) in [7, 11) is 0. The first-order valence-corrected chi connectivity index (χ1v) is 5.93. The van der Waals surface area contributed by atoms with E-state index in [-0.39, 0.29) is 11.7 Å². The number of allylic oxidation sites excluding steroid dienone is 1. The molecule has 90 valence electrons. The summed E-state index contributed by atoms with van der Waals surface area (Å²) in [4.78, 5) is 23.6. The van der Waals surface area contributed by atoms with E-state index in [1.165, 1.54) is 0 Å². The van der Waals surface area contributed by atoms with E-state index >= 15 is 0 Å². The summed E-state index contributed by atoms with van der Waals surface area (Å²) < 4.78 is 5.10. The topological polar surface area (TPSA) is 43.4 Å². The molecule has 2 unspecified atom stereocenters. The van der Waals surface area contributed by atoms with Gasteiger partial charge in [-0.3, -0.25) is 9.59 Å². The van der Waals surface area contributed by atoms with Crippen LogP contribution in [0.1, 0.15) is 33.6 Å². The normalized spacial score (nSPS) is 24.9. The second-order valence-corrected chi connectivity index (χ2v) is 4.67. The molecule has 0 aromatic carbocycles. The van der Waals surface area contributed by atoms with E-state index in [0.29, 0.717) is 12.5 Å². The molecule has 0 heterocycles. The van der Waals surface area contributed by atoms with Crippen molar-refractivity contribution in [2.75, 3.05) is 6.61 Å². The average molecular weight is 224 g/mol. The van der Waals surface area contributed by atoms with Crippen LogP contribution in [-0.2, 0) is 14.3 Å². The van der Waals surface area contributed by atoms with Crippen LogP contribution >= 0.6 is 0 Å². The van der Waals surface area contributed by atoms with Gasteiger partial charge >= 0.3 is 5.97 Å². The van der Waals surface area contributed by atoms with E-state index in [9.17, 15) is 9.59 Å². The molecule has 0 aliphatic heterocycles. The largest absolute Gasteiger partial charge is 0.465 e. The van der Waals surface area contributed by atoms with Gasteiger partial charge < -0.3 is 4.74 Å². The van der Waals surface area contributed by atoms with Gasteiger partial charge in [-0.1, -0.05) is 32.9 Å². The summed E-state index contributed by atoms with van der Waals surface area (Å²) in [5.74, 6) is -0.764. The van der Waals surface area contributed by atoms with Crippen LogP contribution in [0.2, 0.25) is 0 Å². The summed E-state index contributed by atoms with van der Waals surface area (Å²) in [6.45, 7) is 6.30. The summed E-state index contributed by atoms with van der Waals surface area (Å²) in [6, 6.07) is 0. The maximum absolute atomic E-state index is 11.9. The van der Waals surface area contributed by atoms with E-state index in [1.807, 2.05) is 26.8 Å². The quantitative estimate of drug-likeness (QED) is 0.418. The fourth-order valence-electron chi connectivity index (χ4n) is 1.74. The Balaban J connectivity index is 2.58. The third-order valence-electron chi connectivity index (χ3n) is 2.76. The third kappa shape index (κ3) is 3.19. The molecule has 1 aliphatic carbocycles. The van der Waals surface area contributed by atoms with E-state index in [1.54, 1.807) is 6.08 Å². The Hall–Kier alpha value is -1.12. The zero-order valence-electron chi connectivity index (χ0n) is 10.2. The van der Waals surface area contributed by atoms with Gasteiger partial charge in [0.05, 0.1) is 6.61 Å². The van der Waals surface area contributed by atoms with Crippen LogP contribution in [-0.4, -0.2) is 18.4 Å². The molecule has 1 rings (SSSR count). The molecule has 0 spiro atoms. The number of esters is 1. The van der Waals surface area contributed by atoms with Gasteiger partial charge in [-0.15, -0.1) is 0 Å². The van der Waals surface area contributed by atoms with E-state index < -0.39 is 11.9 Å². The van der Waals surface area contributed by atoms with Crippen LogP contribution in [0.3, 0.4) is 0 Å². The van der Waals surface area contributed by atoms with Crippen molar-refractivity contribution >= 4 is 11.8 Å². The number of hydrogen-bond donors (Lipinski definition) is 0. The molecule has 0 bridgehead atoms. The molecule has 0 fully saturated rings. The highest BCUT2D eigenvalue weighted by molar-refractivity contribution is 6.02. The highest BCUT2D eigenvalue weighted by Gasteiger charge is 2.32. The zero-order valence-corrected chi connectivity index (χ0v) is 10.2. The van der Waals surface area contributed by atoms with Gasteiger partial charge in [0.2, 0.25) is 0 Å². The van der Waals surface area contributed by atoms with Crippen LogP contribution in [0.15, 0.2) is 12.2 Å². The van der Waals surface area contributed by atoms with Crippen molar-refractivity contribution < 1.29 is 14.3 Å². The smallest absolute Gasteiger partial charge is 0.320 e. The Morgan fingerprint density at radius 2 is 2.25 bits per heavy atom. The minimum atomic E-state index is -0.669. The summed E-state index contributed by atoms with van der Waals surface area (Å²) >= 11 is 0. The summed E-state index contributed by atoms with van der Waals surface area (Å²) in [6.07, 6.45) is 5.13. The van der Waals surface area contributed by atoms with E-state index in [4.69, 9.17) is 4.74 Å². The molecule has 0 N–H and O–H groups in total. The standard InChI is InChI=1S/C13H20O3/c1-4-10-6-5-7-11(12(10)14)13(15)16-8-9(2)3/h5,7,9-11H,4,6,8H2,1-3H3. The number of ketones is 1. The van der Waals surface area contributed by atoms with Crippen molar-refractivity contribution in [3.8, 4) is 0 Å². The minimum Gasteiger partial charge on any atom is -0.465 e. The van der Waals surface area contributed by atoms with Gasteiger partial charge in [0.1, 0.15) is 5.92 Å². The first kappa shape index (κ1) is 12.9. The Morgan fingerprint density at radius 3 is 2.81 bits per heavy atom. The second-order valence-electron chi connectivity index (χ2n) is 4.67.